The molecule has 0 aliphatic heterocycles. The maximum Gasteiger partial charge on any atom is 0.373 e. The fourth-order valence-corrected chi connectivity index (χ4v) is 1.53. The van der Waals surface area contributed by atoms with Gasteiger partial charge in [0.25, 0.3) is 0 Å². The van der Waals surface area contributed by atoms with Crippen LogP contribution in [0.4, 0.5) is 0 Å². The monoisotopic (exact) mass is 240 g/mol. The Balaban J connectivity index is 2.85. The SMILES string of the molecule is CCOC(=O)C(O)=C1CCC(OCC)=CC1=O. The molecule has 0 aromatic carbocycles. The van der Waals surface area contributed by atoms with Crippen molar-refractivity contribution in [3.05, 3.63) is 23.2 Å². The number of ether oxygens (including phenoxy) is 2. The van der Waals surface area contributed by atoms with E-state index in [1.54, 1.807) is 6.92 Å². The van der Waals surface area contributed by atoms with E-state index in [0.717, 1.165) is 0 Å². The van der Waals surface area contributed by atoms with Crippen LogP contribution in [0.5, 0.6) is 0 Å². The van der Waals surface area contributed by atoms with Gasteiger partial charge in [0.2, 0.25) is 5.76 Å². The van der Waals surface area contributed by atoms with Gasteiger partial charge >= 0.3 is 5.97 Å². The van der Waals surface area contributed by atoms with Crippen LogP contribution >= 0.6 is 0 Å². The van der Waals surface area contributed by atoms with Gasteiger partial charge < -0.3 is 14.6 Å². The maximum atomic E-state index is 11.6. The average molecular weight is 240 g/mol. The van der Waals surface area contributed by atoms with Gasteiger partial charge in [0, 0.05) is 18.1 Å². The van der Waals surface area contributed by atoms with Crippen LogP contribution in [0, 0.1) is 0 Å². The highest BCUT2D eigenvalue weighted by Crippen LogP contribution is 2.23. The van der Waals surface area contributed by atoms with Crippen molar-refractivity contribution in [2.75, 3.05) is 13.2 Å². The van der Waals surface area contributed by atoms with Crippen LogP contribution in [0.25, 0.3) is 0 Å². The number of rotatable bonds is 4. The Hall–Kier alpha value is -1.78. The first-order valence-corrected chi connectivity index (χ1v) is 5.57. The third kappa shape index (κ3) is 3.34. The van der Waals surface area contributed by atoms with E-state index in [9.17, 15) is 14.7 Å². The van der Waals surface area contributed by atoms with Crippen LogP contribution in [-0.2, 0) is 19.1 Å². The lowest BCUT2D eigenvalue weighted by Crippen LogP contribution is -2.17. The van der Waals surface area contributed by atoms with Crippen LogP contribution in [0.2, 0.25) is 0 Å². The van der Waals surface area contributed by atoms with Gasteiger partial charge in [-0.05, 0) is 20.3 Å². The third-order valence-corrected chi connectivity index (χ3v) is 2.30. The second-order valence-electron chi connectivity index (χ2n) is 3.46. The molecular formula is C12H16O5. The largest absolute Gasteiger partial charge is 0.502 e. The Morgan fingerprint density at radius 3 is 2.59 bits per heavy atom. The van der Waals surface area contributed by atoms with E-state index < -0.39 is 17.5 Å². The van der Waals surface area contributed by atoms with Crippen molar-refractivity contribution in [2.24, 2.45) is 0 Å². The zero-order chi connectivity index (χ0) is 12.8. The second kappa shape index (κ2) is 6.08. The van der Waals surface area contributed by atoms with E-state index >= 15 is 0 Å². The van der Waals surface area contributed by atoms with Crippen LogP contribution in [0.1, 0.15) is 26.7 Å². The first kappa shape index (κ1) is 13.3. The highest BCUT2D eigenvalue weighted by molar-refractivity contribution is 6.09. The summed E-state index contributed by atoms with van der Waals surface area (Å²) >= 11 is 0. The van der Waals surface area contributed by atoms with Crippen molar-refractivity contribution in [1.82, 2.24) is 0 Å². The molecule has 1 aliphatic carbocycles. The Kier molecular flexibility index (Phi) is 4.75. The molecule has 5 heteroatoms. The van der Waals surface area contributed by atoms with E-state index in [2.05, 4.69) is 4.74 Å². The fraction of sp³-hybridized carbons (Fsp3) is 0.500. The van der Waals surface area contributed by atoms with E-state index in [1.807, 2.05) is 6.92 Å². The smallest absolute Gasteiger partial charge is 0.373 e. The Labute approximate surface area is 99.7 Å². The van der Waals surface area contributed by atoms with Gasteiger partial charge in [0.1, 0.15) is 5.76 Å². The quantitative estimate of drug-likeness (QED) is 0.459. The molecule has 94 valence electrons. The summed E-state index contributed by atoms with van der Waals surface area (Å²) in [5.41, 5.74) is 0.0897. The molecule has 0 amide bonds. The number of carbonyl (C=O) groups is 2. The van der Waals surface area contributed by atoms with Crippen LogP contribution in [0.3, 0.4) is 0 Å². The summed E-state index contributed by atoms with van der Waals surface area (Å²) in [5.74, 6) is -1.27. The molecule has 17 heavy (non-hydrogen) atoms. The van der Waals surface area contributed by atoms with Gasteiger partial charge in [0.15, 0.2) is 5.78 Å². The number of hydrogen-bond acceptors (Lipinski definition) is 5. The molecule has 5 nitrogen and oxygen atoms in total. The fourth-order valence-electron chi connectivity index (χ4n) is 1.53. The molecule has 1 N–H and O–H groups in total. The van der Waals surface area contributed by atoms with Crippen LogP contribution in [-0.4, -0.2) is 30.1 Å². The molecule has 0 unspecified atom stereocenters. The molecule has 0 saturated carbocycles. The second-order valence-corrected chi connectivity index (χ2v) is 3.46. The lowest BCUT2D eigenvalue weighted by atomic mass is 9.97. The Morgan fingerprint density at radius 2 is 2.06 bits per heavy atom. The van der Waals surface area contributed by atoms with Crippen molar-refractivity contribution in [2.45, 2.75) is 26.7 Å². The van der Waals surface area contributed by atoms with Gasteiger partial charge in [-0.15, -0.1) is 0 Å². The number of ketones is 1. The zero-order valence-corrected chi connectivity index (χ0v) is 9.99. The van der Waals surface area contributed by atoms with Gasteiger partial charge in [-0.3, -0.25) is 4.79 Å². The summed E-state index contributed by atoms with van der Waals surface area (Å²) < 4.78 is 9.84. The maximum absolute atomic E-state index is 11.6. The lowest BCUT2D eigenvalue weighted by molar-refractivity contribution is -0.142. The topological polar surface area (TPSA) is 72.8 Å². The molecule has 0 saturated heterocycles. The van der Waals surface area contributed by atoms with Crippen molar-refractivity contribution < 1.29 is 24.2 Å². The normalized spacial score (nSPS) is 18.5. The molecule has 0 aromatic heterocycles. The van der Waals surface area contributed by atoms with Crippen LogP contribution in [0.15, 0.2) is 23.2 Å². The molecule has 0 heterocycles. The highest BCUT2D eigenvalue weighted by Gasteiger charge is 2.24. The standard InChI is InChI=1S/C12H16O5/c1-3-16-8-5-6-9(10(13)7-8)11(14)12(15)17-4-2/h7,14H,3-6H2,1-2H3. The van der Waals surface area contributed by atoms with Gasteiger partial charge in [-0.25, -0.2) is 4.79 Å². The minimum absolute atomic E-state index is 0.0897. The van der Waals surface area contributed by atoms with Crippen LogP contribution < -0.4 is 0 Å². The molecular weight excluding hydrogens is 224 g/mol. The molecule has 1 aliphatic rings. The van der Waals surface area contributed by atoms with E-state index in [0.29, 0.717) is 18.8 Å². The summed E-state index contributed by atoms with van der Waals surface area (Å²) in [5, 5.41) is 9.57. The zero-order valence-electron chi connectivity index (χ0n) is 9.99. The number of aliphatic hydroxyl groups is 1. The summed E-state index contributed by atoms with van der Waals surface area (Å²) in [6, 6.07) is 0. The highest BCUT2D eigenvalue weighted by atomic mass is 16.5. The molecule has 0 fully saturated rings. The van der Waals surface area contributed by atoms with E-state index in [-0.39, 0.29) is 18.6 Å². The number of aliphatic hydroxyl groups excluding tert-OH is 1. The van der Waals surface area contributed by atoms with Crippen molar-refractivity contribution in [3.8, 4) is 0 Å². The Morgan fingerprint density at radius 1 is 1.35 bits per heavy atom. The minimum atomic E-state index is -0.857. The van der Waals surface area contributed by atoms with Gasteiger partial charge in [-0.1, -0.05) is 0 Å². The third-order valence-electron chi connectivity index (χ3n) is 2.30. The summed E-state index contributed by atoms with van der Waals surface area (Å²) in [7, 11) is 0. The first-order chi connectivity index (χ1) is 8.10. The first-order valence-electron chi connectivity index (χ1n) is 5.57. The molecule has 0 spiro atoms. The molecule has 0 aromatic rings. The van der Waals surface area contributed by atoms with Gasteiger partial charge in [0.05, 0.1) is 13.2 Å². The van der Waals surface area contributed by atoms with E-state index in [1.165, 1.54) is 6.08 Å². The molecule has 0 radical (unpaired) electrons. The van der Waals surface area contributed by atoms with Crippen molar-refractivity contribution in [3.63, 3.8) is 0 Å². The number of hydrogen-bond donors (Lipinski definition) is 1. The van der Waals surface area contributed by atoms with Crippen molar-refractivity contribution >= 4 is 11.8 Å². The lowest BCUT2D eigenvalue weighted by Gasteiger charge is -2.15. The Bertz CT molecular complexity index is 378. The summed E-state index contributed by atoms with van der Waals surface area (Å²) in [6.45, 7) is 4.10. The average Bonchev–Trinajstić information content (AvgIpc) is 2.29. The number of allylic oxidation sites excluding steroid dienone is 3. The minimum Gasteiger partial charge on any atom is -0.502 e. The molecule has 0 atom stereocenters. The predicted molar refractivity (Wildman–Crippen MR) is 60.2 cm³/mol. The van der Waals surface area contributed by atoms with Gasteiger partial charge in [-0.2, -0.15) is 0 Å². The van der Waals surface area contributed by atoms with Crippen molar-refractivity contribution in [1.29, 1.82) is 0 Å². The predicted octanol–water partition coefficient (Wildman–Crippen LogP) is 1.64. The van der Waals surface area contributed by atoms with E-state index in [4.69, 9.17) is 4.74 Å². The molecule has 0 bridgehead atoms. The summed E-state index contributed by atoms with van der Waals surface area (Å²) in [6.07, 6.45) is 2.09. The number of carbonyl (C=O) groups excluding carboxylic acids is 2. The number of esters is 1. The molecule has 1 rings (SSSR count). The summed E-state index contributed by atoms with van der Waals surface area (Å²) in [4.78, 5) is 22.9.